The lowest BCUT2D eigenvalue weighted by molar-refractivity contribution is -0.142. The summed E-state index contributed by atoms with van der Waals surface area (Å²) < 4.78 is 40.4. The second-order valence-electron chi connectivity index (χ2n) is 4.71. The molecule has 0 aliphatic rings. The van der Waals surface area contributed by atoms with Gasteiger partial charge in [-0.25, -0.2) is 14.6 Å². The van der Waals surface area contributed by atoms with Gasteiger partial charge in [-0.05, 0) is 17.7 Å². The first-order valence-corrected chi connectivity index (χ1v) is 6.52. The lowest BCUT2D eigenvalue weighted by Crippen LogP contribution is -2.26. The van der Waals surface area contributed by atoms with E-state index in [1.54, 1.807) is 35.4 Å². The highest BCUT2D eigenvalue weighted by atomic mass is 19.4. The van der Waals surface area contributed by atoms with Crippen molar-refractivity contribution in [3.05, 3.63) is 70.8 Å². The average molecular weight is 321 g/mol. The number of aromatic nitrogens is 5. The number of imidazole rings is 1. The Kier molecular flexibility index (Phi) is 3.68. The molecular weight excluding hydrogens is 311 g/mol. The molecule has 0 saturated carbocycles. The molecule has 0 aromatic carbocycles. The minimum absolute atomic E-state index is 0.0973. The van der Waals surface area contributed by atoms with E-state index in [0.29, 0.717) is 17.4 Å². The van der Waals surface area contributed by atoms with Crippen molar-refractivity contribution in [1.82, 2.24) is 24.3 Å². The van der Waals surface area contributed by atoms with E-state index >= 15 is 0 Å². The monoisotopic (exact) mass is 321 g/mol. The van der Waals surface area contributed by atoms with Gasteiger partial charge in [0.1, 0.15) is 12.1 Å². The van der Waals surface area contributed by atoms with Crippen LogP contribution in [0.5, 0.6) is 0 Å². The van der Waals surface area contributed by atoms with Crippen LogP contribution in [-0.2, 0) is 12.7 Å². The normalized spacial score (nSPS) is 11.6. The second-order valence-corrected chi connectivity index (χ2v) is 4.71. The second kappa shape index (κ2) is 5.67. The third kappa shape index (κ3) is 3.28. The zero-order valence-corrected chi connectivity index (χ0v) is 11.6. The van der Waals surface area contributed by atoms with Crippen LogP contribution in [0.3, 0.4) is 0 Å². The Morgan fingerprint density at radius 3 is 2.57 bits per heavy atom. The van der Waals surface area contributed by atoms with Gasteiger partial charge in [0, 0.05) is 24.7 Å². The molecule has 0 bridgehead atoms. The van der Waals surface area contributed by atoms with Crippen molar-refractivity contribution in [3.8, 4) is 5.82 Å². The van der Waals surface area contributed by atoms with Crippen LogP contribution in [-0.4, -0.2) is 24.3 Å². The molecule has 0 radical (unpaired) electrons. The lowest BCUT2D eigenvalue weighted by Gasteiger charge is -2.09. The Hall–Kier alpha value is -2.97. The van der Waals surface area contributed by atoms with Gasteiger partial charge in [-0.2, -0.15) is 18.3 Å². The summed E-state index contributed by atoms with van der Waals surface area (Å²) >= 11 is 0. The quantitative estimate of drug-likeness (QED) is 0.739. The first kappa shape index (κ1) is 14.9. The van der Waals surface area contributed by atoms with Gasteiger partial charge in [-0.1, -0.05) is 6.07 Å². The molecule has 0 amide bonds. The van der Waals surface area contributed by atoms with E-state index < -0.39 is 17.4 Å². The zero-order chi connectivity index (χ0) is 16.4. The maximum absolute atomic E-state index is 12.6. The molecule has 0 N–H and O–H groups in total. The van der Waals surface area contributed by atoms with Gasteiger partial charge >= 0.3 is 6.18 Å². The Balaban J connectivity index is 1.86. The fourth-order valence-corrected chi connectivity index (χ4v) is 1.94. The number of halogens is 3. The van der Waals surface area contributed by atoms with Crippen LogP contribution in [0.1, 0.15) is 11.3 Å². The molecule has 118 valence electrons. The standard InChI is InChI=1S/C14H10F3N5O/c15-14(16,17)11-2-4-13(23)22(20-11)8-10-1-3-12(19-7-10)21-6-5-18-9-21/h1-7,9H,8H2. The van der Waals surface area contributed by atoms with Crippen LogP contribution in [0.25, 0.3) is 5.82 Å². The average Bonchev–Trinajstić information content (AvgIpc) is 3.03. The number of hydrogen-bond acceptors (Lipinski definition) is 4. The number of alkyl halides is 3. The summed E-state index contributed by atoms with van der Waals surface area (Å²) in [5.41, 5.74) is -1.17. The third-order valence-corrected chi connectivity index (χ3v) is 3.07. The molecule has 23 heavy (non-hydrogen) atoms. The molecule has 3 aromatic rings. The number of rotatable bonds is 3. The van der Waals surface area contributed by atoms with E-state index in [0.717, 1.165) is 10.7 Å². The topological polar surface area (TPSA) is 65.6 Å². The Bertz CT molecular complexity index is 853. The van der Waals surface area contributed by atoms with E-state index in [2.05, 4.69) is 15.1 Å². The Morgan fingerprint density at radius 1 is 1.13 bits per heavy atom. The number of pyridine rings is 1. The van der Waals surface area contributed by atoms with E-state index in [1.807, 2.05) is 0 Å². The molecule has 6 nitrogen and oxygen atoms in total. The number of nitrogens with zero attached hydrogens (tertiary/aromatic N) is 5. The van der Waals surface area contributed by atoms with Gasteiger partial charge in [-0.3, -0.25) is 9.36 Å². The van der Waals surface area contributed by atoms with Crippen molar-refractivity contribution in [2.24, 2.45) is 0 Å². The fourth-order valence-electron chi connectivity index (χ4n) is 1.94. The van der Waals surface area contributed by atoms with Gasteiger partial charge in [-0.15, -0.1) is 0 Å². The summed E-state index contributed by atoms with van der Waals surface area (Å²) in [6, 6.07) is 4.86. The van der Waals surface area contributed by atoms with Crippen molar-refractivity contribution >= 4 is 0 Å². The molecule has 3 rings (SSSR count). The van der Waals surface area contributed by atoms with Gasteiger partial charge in [0.25, 0.3) is 5.56 Å². The molecule has 0 saturated heterocycles. The molecule has 0 fully saturated rings. The smallest absolute Gasteiger partial charge is 0.291 e. The largest absolute Gasteiger partial charge is 0.435 e. The van der Waals surface area contributed by atoms with Crippen LogP contribution < -0.4 is 5.56 Å². The molecular formula is C14H10F3N5O. The molecule has 3 aromatic heterocycles. The molecule has 0 aliphatic carbocycles. The summed E-state index contributed by atoms with van der Waals surface area (Å²) in [5, 5.41) is 3.35. The maximum atomic E-state index is 12.6. The molecule has 0 spiro atoms. The lowest BCUT2D eigenvalue weighted by atomic mass is 10.3. The fraction of sp³-hybridized carbons (Fsp3) is 0.143. The van der Waals surface area contributed by atoms with Gasteiger partial charge < -0.3 is 0 Å². The summed E-state index contributed by atoms with van der Waals surface area (Å²) in [5.74, 6) is 0.607. The van der Waals surface area contributed by atoms with Crippen molar-refractivity contribution in [2.45, 2.75) is 12.7 Å². The van der Waals surface area contributed by atoms with Crippen LogP contribution in [0, 0.1) is 0 Å². The van der Waals surface area contributed by atoms with Crippen molar-refractivity contribution < 1.29 is 13.2 Å². The zero-order valence-electron chi connectivity index (χ0n) is 11.6. The van der Waals surface area contributed by atoms with E-state index in [1.165, 1.54) is 6.20 Å². The van der Waals surface area contributed by atoms with E-state index in [4.69, 9.17) is 0 Å². The van der Waals surface area contributed by atoms with Crippen LogP contribution in [0.4, 0.5) is 13.2 Å². The maximum Gasteiger partial charge on any atom is 0.435 e. The van der Waals surface area contributed by atoms with Crippen molar-refractivity contribution in [1.29, 1.82) is 0 Å². The Labute approximate surface area is 127 Å². The summed E-state index contributed by atoms with van der Waals surface area (Å²) in [6.07, 6.45) is 1.76. The minimum Gasteiger partial charge on any atom is -0.291 e. The van der Waals surface area contributed by atoms with E-state index in [9.17, 15) is 18.0 Å². The van der Waals surface area contributed by atoms with E-state index in [-0.39, 0.29) is 6.54 Å². The SMILES string of the molecule is O=c1ccc(C(F)(F)F)nn1Cc1ccc(-n2ccnc2)nc1. The molecule has 0 atom stereocenters. The van der Waals surface area contributed by atoms with Gasteiger partial charge in [0.15, 0.2) is 5.69 Å². The first-order valence-electron chi connectivity index (χ1n) is 6.52. The molecule has 0 aliphatic heterocycles. The van der Waals surface area contributed by atoms with Crippen LogP contribution in [0.2, 0.25) is 0 Å². The third-order valence-electron chi connectivity index (χ3n) is 3.07. The van der Waals surface area contributed by atoms with Gasteiger partial charge in [0.05, 0.1) is 6.54 Å². The van der Waals surface area contributed by atoms with Crippen molar-refractivity contribution in [2.75, 3.05) is 0 Å². The molecule has 0 unspecified atom stereocenters. The predicted octanol–water partition coefficient (Wildman–Crippen LogP) is 1.89. The molecule has 3 heterocycles. The highest BCUT2D eigenvalue weighted by Crippen LogP contribution is 2.26. The van der Waals surface area contributed by atoms with Gasteiger partial charge in [0.2, 0.25) is 0 Å². The summed E-state index contributed by atoms with van der Waals surface area (Å²) in [6.45, 7) is -0.0973. The van der Waals surface area contributed by atoms with Crippen LogP contribution in [0.15, 0.2) is 54.0 Å². The number of hydrogen-bond donors (Lipinski definition) is 0. The Morgan fingerprint density at radius 2 is 1.96 bits per heavy atom. The minimum atomic E-state index is -4.60. The summed E-state index contributed by atoms with van der Waals surface area (Å²) in [7, 11) is 0. The first-order chi connectivity index (χ1) is 10.9. The summed E-state index contributed by atoms with van der Waals surface area (Å²) in [4.78, 5) is 19.7. The van der Waals surface area contributed by atoms with Crippen LogP contribution >= 0.6 is 0 Å². The molecule has 9 heteroatoms. The highest BCUT2D eigenvalue weighted by molar-refractivity contribution is 5.25. The highest BCUT2D eigenvalue weighted by Gasteiger charge is 2.33. The predicted molar refractivity (Wildman–Crippen MR) is 74.0 cm³/mol. The van der Waals surface area contributed by atoms with Crippen molar-refractivity contribution in [3.63, 3.8) is 0 Å².